The molecule has 0 radical (unpaired) electrons. The van der Waals surface area contributed by atoms with Gasteiger partial charge in [-0.15, -0.1) is 0 Å². The minimum Gasteiger partial charge on any atom is -0.476 e. The second-order valence-corrected chi connectivity index (χ2v) is 5.03. The molecule has 0 unspecified atom stereocenters. The predicted molar refractivity (Wildman–Crippen MR) is 78.0 cm³/mol. The summed E-state index contributed by atoms with van der Waals surface area (Å²) in [7, 11) is 0. The SMILES string of the molecule is Cc1ccc(-c2cn3nc(C(=O)O)cc3c(=O)[nH]2)cc1Cl. The maximum atomic E-state index is 12.0. The Labute approximate surface area is 123 Å². The van der Waals surface area contributed by atoms with E-state index in [1.165, 1.54) is 10.6 Å². The fourth-order valence-corrected chi connectivity index (χ4v) is 2.20. The number of aryl methyl sites for hydroxylation is 1. The smallest absolute Gasteiger partial charge is 0.356 e. The van der Waals surface area contributed by atoms with E-state index < -0.39 is 11.5 Å². The van der Waals surface area contributed by atoms with Gasteiger partial charge in [-0.05, 0) is 18.6 Å². The third-order valence-corrected chi connectivity index (χ3v) is 3.58. The summed E-state index contributed by atoms with van der Waals surface area (Å²) < 4.78 is 1.26. The molecular weight excluding hydrogens is 294 g/mol. The van der Waals surface area contributed by atoms with Crippen LogP contribution < -0.4 is 5.56 Å². The minimum absolute atomic E-state index is 0.175. The predicted octanol–water partition coefficient (Wildman–Crippen LogP) is 2.35. The number of fused-ring (bicyclic) bond motifs is 1. The standard InChI is InChI=1S/C14H10ClN3O3/c1-7-2-3-8(4-9(7)15)11-6-18-12(13(19)16-11)5-10(17-18)14(20)21/h2-6H,1H3,(H,16,19)(H,20,21). The number of H-pyrrole nitrogens is 1. The second-order valence-electron chi connectivity index (χ2n) is 4.63. The number of carboxylic acid groups (broad SMARTS) is 1. The van der Waals surface area contributed by atoms with Crippen LogP contribution in [0.1, 0.15) is 16.1 Å². The summed E-state index contributed by atoms with van der Waals surface area (Å²) in [5.41, 5.74) is 1.74. The molecule has 0 amide bonds. The first kappa shape index (κ1) is 13.4. The zero-order valence-electron chi connectivity index (χ0n) is 10.9. The van der Waals surface area contributed by atoms with E-state index in [1.807, 2.05) is 19.1 Å². The molecule has 3 aromatic rings. The van der Waals surface area contributed by atoms with Crippen LogP contribution in [0.25, 0.3) is 16.8 Å². The normalized spacial score (nSPS) is 11.0. The Morgan fingerprint density at radius 2 is 2.14 bits per heavy atom. The molecule has 0 aliphatic rings. The number of halogens is 1. The van der Waals surface area contributed by atoms with Crippen molar-refractivity contribution in [2.45, 2.75) is 6.92 Å². The molecule has 0 fully saturated rings. The van der Waals surface area contributed by atoms with Gasteiger partial charge in [-0.3, -0.25) is 4.79 Å². The maximum absolute atomic E-state index is 12.0. The lowest BCUT2D eigenvalue weighted by molar-refractivity contribution is 0.0690. The van der Waals surface area contributed by atoms with Crippen molar-refractivity contribution >= 4 is 23.1 Å². The van der Waals surface area contributed by atoms with Gasteiger partial charge in [0.05, 0.1) is 11.9 Å². The Balaban J connectivity index is 2.22. The molecule has 3 rings (SSSR count). The molecule has 0 saturated heterocycles. The number of nitrogens with zero attached hydrogens (tertiary/aromatic N) is 2. The average Bonchev–Trinajstić information content (AvgIpc) is 2.86. The highest BCUT2D eigenvalue weighted by Crippen LogP contribution is 2.23. The lowest BCUT2D eigenvalue weighted by atomic mass is 10.1. The fraction of sp³-hybridized carbons (Fsp3) is 0.0714. The van der Waals surface area contributed by atoms with E-state index in [-0.39, 0.29) is 11.2 Å². The van der Waals surface area contributed by atoms with E-state index in [9.17, 15) is 9.59 Å². The van der Waals surface area contributed by atoms with Crippen molar-refractivity contribution in [1.29, 1.82) is 0 Å². The van der Waals surface area contributed by atoms with Gasteiger partial charge < -0.3 is 10.1 Å². The Morgan fingerprint density at radius 1 is 1.38 bits per heavy atom. The average molecular weight is 304 g/mol. The summed E-state index contributed by atoms with van der Waals surface area (Å²) in [4.78, 5) is 25.6. The number of rotatable bonds is 2. The van der Waals surface area contributed by atoms with Crippen molar-refractivity contribution in [2.75, 3.05) is 0 Å². The molecule has 0 aliphatic carbocycles. The van der Waals surface area contributed by atoms with Crippen LogP contribution in [-0.2, 0) is 0 Å². The first-order valence-electron chi connectivity index (χ1n) is 6.08. The molecule has 6 nitrogen and oxygen atoms in total. The van der Waals surface area contributed by atoms with Crippen molar-refractivity contribution in [3.05, 3.63) is 57.1 Å². The number of hydrogen-bond donors (Lipinski definition) is 2. The van der Waals surface area contributed by atoms with E-state index in [4.69, 9.17) is 16.7 Å². The molecule has 0 saturated carbocycles. The fourth-order valence-electron chi connectivity index (χ4n) is 2.01. The number of benzene rings is 1. The highest BCUT2D eigenvalue weighted by atomic mass is 35.5. The molecule has 2 heterocycles. The van der Waals surface area contributed by atoms with Crippen molar-refractivity contribution < 1.29 is 9.90 Å². The number of carbonyl (C=O) groups is 1. The summed E-state index contributed by atoms with van der Waals surface area (Å²) in [5, 5.41) is 13.4. The lowest BCUT2D eigenvalue weighted by Gasteiger charge is -2.04. The second kappa shape index (κ2) is 4.75. The van der Waals surface area contributed by atoms with Crippen molar-refractivity contribution in [3.8, 4) is 11.3 Å². The highest BCUT2D eigenvalue weighted by molar-refractivity contribution is 6.31. The van der Waals surface area contributed by atoms with Crippen LogP contribution in [0.4, 0.5) is 0 Å². The number of aromatic carboxylic acids is 1. The van der Waals surface area contributed by atoms with Gasteiger partial charge in [-0.1, -0.05) is 23.7 Å². The van der Waals surface area contributed by atoms with Gasteiger partial charge in [0.25, 0.3) is 5.56 Å². The summed E-state index contributed by atoms with van der Waals surface area (Å²) >= 11 is 6.08. The summed E-state index contributed by atoms with van der Waals surface area (Å²) in [6.07, 6.45) is 1.56. The first-order chi connectivity index (χ1) is 9.95. The van der Waals surface area contributed by atoms with Crippen LogP contribution in [0.5, 0.6) is 0 Å². The number of aromatic amines is 1. The molecular formula is C14H10ClN3O3. The van der Waals surface area contributed by atoms with Crippen LogP contribution in [-0.4, -0.2) is 25.7 Å². The number of aromatic nitrogens is 3. The third-order valence-electron chi connectivity index (χ3n) is 3.17. The first-order valence-corrected chi connectivity index (χ1v) is 6.46. The Morgan fingerprint density at radius 3 is 2.81 bits per heavy atom. The molecule has 1 aromatic carbocycles. The Kier molecular flexibility index (Phi) is 3.03. The van der Waals surface area contributed by atoms with E-state index >= 15 is 0 Å². The van der Waals surface area contributed by atoms with Crippen LogP contribution in [0, 0.1) is 6.92 Å². The minimum atomic E-state index is -1.18. The lowest BCUT2D eigenvalue weighted by Crippen LogP contribution is -2.10. The van der Waals surface area contributed by atoms with Crippen LogP contribution in [0.15, 0.2) is 35.3 Å². The maximum Gasteiger partial charge on any atom is 0.356 e. The Hall–Kier alpha value is -2.60. The highest BCUT2D eigenvalue weighted by Gasteiger charge is 2.12. The van der Waals surface area contributed by atoms with Crippen molar-refractivity contribution in [1.82, 2.24) is 14.6 Å². The summed E-state index contributed by atoms with van der Waals surface area (Å²) in [6.45, 7) is 1.88. The zero-order chi connectivity index (χ0) is 15.1. The van der Waals surface area contributed by atoms with Gasteiger partial charge in [-0.2, -0.15) is 5.10 Å². The van der Waals surface area contributed by atoms with Crippen molar-refractivity contribution in [3.63, 3.8) is 0 Å². The zero-order valence-corrected chi connectivity index (χ0v) is 11.7. The molecule has 0 bridgehead atoms. The number of nitrogens with one attached hydrogen (secondary N) is 1. The monoisotopic (exact) mass is 303 g/mol. The molecule has 2 N–H and O–H groups in total. The van der Waals surface area contributed by atoms with Gasteiger partial charge in [0.15, 0.2) is 5.69 Å². The van der Waals surface area contributed by atoms with E-state index in [0.717, 1.165) is 11.1 Å². The van der Waals surface area contributed by atoms with E-state index in [1.54, 1.807) is 12.3 Å². The largest absolute Gasteiger partial charge is 0.476 e. The topological polar surface area (TPSA) is 87.5 Å². The summed E-state index contributed by atoms with van der Waals surface area (Å²) in [5.74, 6) is -1.18. The Bertz CT molecular complexity index is 927. The molecule has 21 heavy (non-hydrogen) atoms. The van der Waals surface area contributed by atoms with Crippen LogP contribution in [0.3, 0.4) is 0 Å². The quantitative estimate of drug-likeness (QED) is 0.760. The van der Waals surface area contributed by atoms with Gasteiger partial charge in [0.1, 0.15) is 5.52 Å². The van der Waals surface area contributed by atoms with E-state index in [2.05, 4.69) is 10.1 Å². The molecule has 0 spiro atoms. The van der Waals surface area contributed by atoms with Crippen LogP contribution >= 0.6 is 11.6 Å². The van der Waals surface area contributed by atoms with Gasteiger partial charge in [0, 0.05) is 16.7 Å². The molecule has 0 aliphatic heterocycles. The number of carboxylic acids is 1. The van der Waals surface area contributed by atoms with Gasteiger partial charge in [0.2, 0.25) is 0 Å². The molecule has 7 heteroatoms. The van der Waals surface area contributed by atoms with E-state index in [0.29, 0.717) is 10.7 Å². The molecule has 106 valence electrons. The van der Waals surface area contributed by atoms with Gasteiger partial charge in [-0.25, -0.2) is 9.31 Å². The summed E-state index contributed by atoms with van der Waals surface area (Å²) in [6, 6.07) is 6.62. The van der Waals surface area contributed by atoms with Gasteiger partial charge >= 0.3 is 5.97 Å². The number of hydrogen-bond acceptors (Lipinski definition) is 3. The molecule has 0 atom stereocenters. The van der Waals surface area contributed by atoms with Crippen molar-refractivity contribution in [2.24, 2.45) is 0 Å². The van der Waals surface area contributed by atoms with Crippen LogP contribution in [0.2, 0.25) is 5.02 Å². The third kappa shape index (κ3) is 2.30. The molecule has 2 aromatic heterocycles.